The van der Waals surface area contributed by atoms with Crippen LogP contribution in [0.2, 0.25) is 0 Å². The van der Waals surface area contributed by atoms with Gasteiger partial charge in [0.15, 0.2) is 17.5 Å². The van der Waals surface area contributed by atoms with Gasteiger partial charge in [-0.3, -0.25) is 0 Å². The maximum absolute atomic E-state index is 13.5. The summed E-state index contributed by atoms with van der Waals surface area (Å²) in [5.41, 5.74) is 0.129. The van der Waals surface area contributed by atoms with E-state index in [0.29, 0.717) is 0 Å². The Bertz CT molecular complexity index is 688. The molecule has 1 heterocycles. The Morgan fingerprint density at radius 1 is 1.27 bits per heavy atom. The molecule has 1 aliphatic heterocycles. The molecule has 0 spiro atoms. The van der Waals surface area contributed by atoms with E-state index in [1.54, 1.807) is 6.92 Å². The van der Waals surface area contributed by atoms with Gasteiger partial charge < -0.3 is 19.7 Å². The molecule has 2 rings (SSSR count). The van der Waals surface area contributed by atoms with Crippen molar-refractivity contribution in [2.24, 2.45) is 0 Å². The minimum atomic E-state index is -1.56. The third-order valence-corrected chi connectivity index (χ3v) is 3.83. The van der Waals surface area contributed by atoms with Crippen molar-refractivity contribution in [1.29, 1.82) is 0 Å². The zero-order chi connectivity index (χ0) is 19.3. The lowest BCUT2D eigenvalue weighted by Gasteiger charge is -2.37. The number of hydrogen-bond donors (Lipinski definition) is 1. The van der Waals surface area contributed by atoms with Crippen LogP contribution in [-0.4, -0.2) is 49.8 Å². The van der Waals surface area contributed by atoms with E-state index >= 15 is 0 Å². The van der Waals surface area contributed by atoms with Gasteiger partial charge in [-0.05, 0) is 24.6 Å². The van der Waals surface area contributed by atoms with Gasteiger partial charge >= 0.3 is 12.1 Å². The third-order valence-electron chi connectivity index (χ3n) is 3.83. The standard InChI is InChI=1S/C17H19F3N2O4/c1-3-26-15(23)5-4-11-8-22(17(24)25-2)9-14(21-11)10-6-12(18)16(20)13(19)7-10/h4-7,11,14,21H,3,8-9H2,1-2H3/b5-4+. The molecule has 26 heavy (non-hydrogen) atoms. The average molecular weight is 372 g/mol. The zero-order valence-electron chi connectivity index (χ0n) is 14.3. The van der Waals surface area contributed by atoms with Crippen molar-refractivity contribution in [3.63, 3.8) is 0 Å². The van der Waals surface area contributed by atoms with E-state index in [1.807, 2.05) is 0 Å². The molecule has 0 radical (unpaired) electrons. The average Bonchev–Trinajstić information content (AvgIpc) is 2.63. The van der Waals surface area contributed by atoms with Crippen molar-refractivity contribution in [2.75, 3.05) is 26.8 Å². The lowest BCUT2D eigenvalue weighted by atomic mass is 10.0. The number of halogens is 3. The van der Waals surface area contributed by atoms with Crippen molar-refractivity contribution in [3.05, 3.63) is 47.3 Å². The van der Waals surface area contributed by atoms with E-state index in [0.717, 1.165) is 12.1 Å². The zero-order valence-corrected chi connectivity index (χ0v) is 14.3. The molecule has 1 aromatic rings. The highest BCUT2D eigenvalue weighted by atomic mass is 19.2. The highest BCUT2D eigenvalue weighted by molar-refractivity contribution is 5.82. The van der Waals surface area contributed by atoms with Crippen LogP contribution in [-0.2, 0) is 14.3 Å². The number of nitrogens with zero attached hydrogens (tertiary/aromatic N) is 1. The lowest BCUT2D eigenvalue weighted by molar-refractivity contribution is -0.137. The number of benzene rings is 1. The first-order valence-electron chi connectivity index (χ1n) is 7.94. The molecule has 0 aromatic heterocycles. The van der Waals surface area contributed by atoms with Gasteiger partial charge in [-0.15, -0.1) is 0 Å². The molecular weight excluding hydrogens is 353 g/mol. The van der Waals surface area contributed by atoms with E-state index in [-0.39, 0.29) is 25.3 Å². The molecule has 0 aliphatic carbocycles. The molecule has 2 unspecified atom stereocenters. The molecule has 142 valence electrons. The maximum Gasteiger partial charge on any atom is 0.409 e. The van der Waals surface area contributed by atoms with Crippen LogP contribution < -0.4 is 5.32 Å². The maximum atomic E-state index is 13.5. The van der Waals surface area contributed by atoms with Gasteiger partial charge in [-0.2, -0.15) is 0 Å². The predicted molar refractivity (Wildman–Crippen MR) is 85.7 cm³/mol. The first kappa shape index (κ1) is 19.8. The second-order valence-electron chi connectivity index (χ2n) is 5.61. The fourth-order valence-electron chi connectivity index (χ4n) is 2.65. The van der Waals surface area contributed by atoms with Crippen LogP contribution >= 0.6 is 0 Å². The normalized spacial score (nSPS) is 20.3. The lowest BCUT2D eigenvalue weighted by Crippen LogP contribution is -2.53. The van der Waals surface area contributed by atoms with Gasteiger partial charge in [-0.25, -0.2) is 22.8 Å². The first-order chi connectivity index (χ1) is 12.3. The van der Waals surface area contributed by atoms with Crippen LogP contribution in [0.4, 0.5) is 18.0 Å². The fraction of sp³-hybridized carbons (Fsp3) is 0.412. The minimum Gasteiger partial charge on any atom is -0.463 e. The van der Waals surface area contributed by atoms with Crippen LogP contribution in [0.25, 0.3) is 0 Å². The van der Waals surface area contributed by atoms with E-state index < -0.39 is 41.6 Å². The van der Waals surface area contributed by atoms with Crippen molar-refractivity contribution in [2.45, 2.75) is 19.0 Å². The van der Waals surface area contributed by atoms with Crippen LogP contribution in [0.3, 0.4) is 0 Å². The Morgan fingerprint density at radius 3 is 2.50 bits per heavy atom. The van der Waals surface area contributed by atoms with Gasteiger partial charge in [0.2, 0.25) is 0 Å². The van der Waals surface area contributed by atoms with Crippen molar-refractivity contribution >= 4 is 12.1 Å². The van der Waals surface area contributed by atoms with Gasteiger partial charge in [0, 0.05) is 25.2 Å². The summed E-state index contributed by atoms with van der Waals surface area (Å²) in [6.45, 7) is 2.11. The highest BCUT2D eigenvalue weighted by Gasteiger charge is 2.30. The molecule has 1 amide bonds. The Kier molecular flexibility index (Phi) is 6.62. The number of ether oxygens (including phenoxy) is 2. The molecule has 0 saturated carbocycles. The summed E-state index contributed by atoms with van der Waals surface area (Å²) in [6.07, 6.45) is 2.05. The molecule has 2 atom stereocenters. The molecule has 1 fully saturated rings. The monoisotopic (exact) mass is 372 g/mol. The number of hydrogen-bond acceptors (Lipinski definition) is 5. The Labute approximate surface area is 148 Å². The first-order valence-corrected chi connectivity index (χ1v) is 7.94. The SMILES string of the molecule is CCOC(=O)/C=C/C1CN(C(=O)OC)CC(c2cc(F)c(F)c(F)c2)N1. The second-order valence-corrected chi connectivity index (χ2v) is 5.61. The predicted octanol–water partition coefficient (Wildman–Crippen LogP) is 2.30. The van der Waals surface area contributed by atoms with E-state index in [9.17, 15) is 22.8 Å². The molecule has 0 bridgehead atoms. The van der Waals surface area contributed by atoms with Crippen molar-refractivity contribution < 1.29 is 32.2 Å². The fourth-order valence-corrected chi connectivity index (χ4v) is 2.65. The number of nitrogens with one attached hydrogen (secondary N) is 1. The number of methoxy groups -OCH3 is 1. The van der Waals surface area contributed by atoms with Crippen LogP contribution in [0.5, 0.6) is 0 Å². The third kappa shape index (κ3) is 4.75. The van der Waals surface area contributed by atoms with Gasteiger partial charge in [0.25, 0.3) is 0 Å². The van der Waals surface area contributed by atoms with Crippen LogP contribution in [0.1, 0.15) is 18.5 Å². The van der Waals surface area contributed by atoms with E-state index in [2.05, 4.69) is 10.1 Å². The molecule has 1 aromatic carbocycles. The number of carbonyl (C=O) groups excluding carboxylic acids is 2. The number of carbonyl (C=O) groups is 2. The number of amides is 1. The summed E-state index contributed by atoms with van der Waals surface area (Å²) in [5.74, 6) is -4.76. The summed E-state index contributed by atoms with van der Waals surface area (Å²) < 4.78 is 49.7. The van der Waals surface area contributed by atoms with Gasteiger partial charge in [-0.1, -0.05) is 6.08 Å². The van der Waals surface area contributed by atoms with Gasteiger partial charge in [0.05, 0.1) is 19.8 Å². The summed E-state index contributed by atoms with van der Waals surface area (Å²) in [6, 6.07) is 0.532. The summed E-state index contributed by atoms with van der Waals surface area (Å²) in [4.78, 5) is 24.6. The molecule has 9 heteroatoms. The summed E-state index contributed by atoms with van der Waals surface area (Å²) in [5, 5.41) is 3.05. The molecule has 1 N–H and O–H groups in total. The Morgan fingerprint density at radius 2 is 1.92 bits per heavy atom. The van der Waals surface area contributed by atoms with E-state index in [1.165, 1.54) is 24.2 Å². The number of esters is 1. The molecule has 1 aliphatic rings. The Hall–Kier alpha value is -2.55. The topological polar surface area (TPSA) is 67.9 Å². The van der Waals surface area contributed by atoms with Crippen molar-refractivity contribution in [3.8, 4) is 0 Å². The smallest absolute Gasteiger partial charge is 0.409 e. The molecular formula is C17H19F3N2O4. The van der Waals surface area contributed by atoms with E-state index in [4.69, 9.17) is 4.74 Å². The largest absolute Gasteiger partial charge is 0.463 e. The molecule has 1 saturated heterocycles. The molecule has 6 nitrogen and oxygen atoms in total. The van der Waals surface area contributed by atoms with Crippen LogP contribution in [0.15, 0.2) is 24.3 Å². The highest BCUT2D eigenvalue weighted by Crippen LogP contribution is 2.24. The van der Waals surface area contributed by atoms with Crippen molar-refractivity contribution in [1.82, 2.24) is 10.2 Å². The Balaban J connectivity index is 2.25. The second kappa shape index (κ2) is 8.70. The van der Waals surface area contributed by atoms with Gasteiger partial charge in [0.1, 0.15) is 0 Å². The quantitative estimate of drug-likeness (QED) is 0.499. The minimum absolute atomic E-state index is 0.0565. The number of rotatable bonds is 4. The van der Waals surface area contributed by atoms with Crippen LogP contribution in [0, 0.1) is 17.5 Å². The summed E-state index contributed by atoms with van der Waals surface area (Å²) in [7, 11) is 1.21. The summed E-state index contributed by atoms with van der Waals surface area (Å²) >= 11 is 0. The number of piperazine rings is 1.